The fourth-order valence-corrected chi connectivity index (χ4v) is 3.32. The van der Waals surface area contributed by atoms with Gasteiger partial charge in [0.25, 0.3) is 0 Å². The average Bonchev–Trinajstić information content (AvgIpc) is 3.01. The highest BCUT2D eigenvalue weighted by atomic mass is 19.4. The second-order valence-corrected chi connectivity index (χ2v) is 8.60. The summed E-state index contributed by atoms with van der Waals surface area (Å²) in [4.78, 5) is 33.2. The summed E-state index contributed by atoms with van der Waals surface area (Å²) in [6.07, 6.45) is -1.75. The number of carbonyl (C=O) groups is 2. The molecule has 1 saturated heterocycles. The van der Waals surface area contributed by atoms with Crippen LogP contribution in [0.15, 0.2) is 12.4 Å². The van der Waals surface area contributed by atoms with E-state index in [1.165, 1.54) is 10.9 Å². The maximum Gasteiger partial charge on any atom is 0.421 e. The Hall–Kier alpha value is -3.42. The van der Waals surface area contributed by atoms with E-state index in [2.05, 4.69) is 25.7 Å². The van der Waals surface area contributed by atoms with Gasteiger partial charge in [-0.3, -0.25) is 14.3 Å². The molecular formula is C21H29F3N8O3. The molecule has 0 atom stereocenters. The van der Waals surface area contributed by atoms with Gasteiger partial charge in [-0.1, -0.05) is 0 Å². The van der Waals surface area contributed by atoms with Crippen LogP contribution in [0.1, 0.15) is 37.9 Å². The van der Waals surface area contributed by atoms with Crippen molar-refractivity contribution in [2.75, 3.05) is 43.5 Å². The number of carbonyl (C=O) groups excluding carboxylic acids is 2. The maximum atomic E-state index is 13.5. The first kappa shape index (κ1) is 26.2. The number of hydrogen-bond donors (Lipinski definition) is 3. The Balaban J connectivity index is 1.72. The standard InChI is InChI=1S/C21H29F3N8O3/c1-13-15(12-32(30-13)20(2,3)18(25)34)28-19-27-11-14(21(22,23)24)17(29-19)26-6-4-7-31-8-10-35-9-5-16(31)33/h11-12H,4-10H2,1-3H3,(H2,25,34)(H2,26,27,28,29). The van der Waals surface area contributed by atoms with Crippen molar-refractivity contribution >= 4 is 29.3 Å². The summed E-state index contributed by atoms with van der Waals surface area (Å²) < 4.78 is 47.2. The van der Waals surface area contributed by atoms with Crippen molar-refractivity contribution in [1.29, 1.82) is 0 Å². The first-order valence-electron chi connectivity index (χ1n) is 11.1. The van der Waals surface area contributed by atoms with Crippen LogP contribution in [-0.2, 0) is 26.0 Å². The summed E-state index contributed by atoms with van der Waals surface area (Å²) in [6.45, 7) is 6.66. The molecule has 0 unspecified atom stereocenters. The largest absolute Gasteiger partial charge is 0.421 e. The second kappa shape index (κ2) is 10.5. The molecule has 1 fully saturated rings. The molecule has 4 N–H and O–H groups in total. The van der Waals surface area contributed by atoms with Gasteiger partial charge in [-0.15, -0.1) is 0 Å². The van der Waals surface area contributed by atoms with Gasteiger partial charge in [-0.25, -0.2) is 4.98 Å². The van der Waals surface area contributed by atoms with E-state index in [-0.39, 0.29) is 24.2 Å². The lowest BCUT2D eigenvalue weighted by Gasteiger charge is -2.20. The summed E-state index contributed by atoms with van der Waals surface area (Å²) in [6, 6.07) is 0. The molecule has 0 saturated carbocycles. The first-order chi connectivity index (χ1) is 16.4. The summed E-state index contributed by atoms with van der Waals surface area (Å²) in [7, 11) is 0. The van der Waals surface area contributed by atoms with Gasteiger partial charge in [-0.2, -0.15) is 23.3 Å². The molecule has 0 aliphatic carbocycles. The molecule has 35 heavy (non-hydrogen) atoms. The van der Waals surface area contributed by atoms with Crippen LogP contribution < -0.4 is 16.4 Å². The molecule has 3 heterocycles. The number of nitrogens with one attached hydrogen (secondary N) is 2. The number of primary amides is 1. The van der Waals surface area contributed by atoms with Crippen LogP contribution in [0, 0.1) is 6.92 Å². The van der Waals surface area contributed by atoms with Crippen molar-refractivity contribution in [3.63, 3.8) is 0 Å². The molecule has 2 aromatic rings. The third-order valence-electron chi connectivity index (χ3n) is 5.63. The summed E-state index contributed by atoms with van der Waals surface area (Å²) >= 11 is 0. The zero-order valence-electron chi connectivity index (χ0n) is 19.8. The third-order valence-corrected chi connectivity index (χ3v) is 5.63. The minimum absolute atomic E-state index is 0.0394. The molecular weight excluding hydrogens is 469 g/mol. The van der Waals surface area contributed by atoms with E-state index in [9.17, 15) is 22.8 Å². The van der Waals surface area contributed by atoms with E-state index >= 15 is 0 Å². The summed E-state index contributed by atoms with van der Waals surface area (Å²) in [5.41, 5.74) is 4.19. The van der Waals surface area contributed by atoms with Crippen LogP contribution in [0.25, 0.3) is 0 Å². The number of ether oxygens (including phenoxy) is 1. The van der Waals surface area contributed by atoms with Crippen molar-refractivity contribution in [3.8, 4) is 0 Å². The number of nitrogens with zero attached hydrogens (tertiary/aromatic N) is 5. The van der Waals surface area contributed by atoms with Gasteiger partial charge in [-0.05, 0) is 27.2 Å². The van der Waals surface area contributed by atoms with Gasteiger partial charge >= 0.3 is 6.18 Å². The van der Waals surface area contributed by atoms with E-state index in [1.54, 1.807) is 25.7 Å². The zero-order chi connectivity index (χ0) is 25.8. The van der Waals surface area contributed by atoms with Gasteiger partial charge in [0, 0.05) is 25.8 Å². The highest BCUT2D eigenvalue weighted by molar-refractivity contribution is 5.81. The van der Waals surface area contributed by atoms with E-state index in [4.69, 9.17) is 10.5 Å². The monoisotopic (exact) mass is 498 g/mol. The molecule has 0 spiro atoms. The highest BCUT2D eigenvalue weighted by Crippen LogP contribution is 2.34. The van der Waals surface area contributed by atoms with Gasteiger partial charge in [0.05, 0.1) is 37.2 Å². The Morgan fingerprint density at radius 1 is 1.29 bits per heavy atom. The Morgan fingerprint density at radius 3 is 2.71 bits per heavy atom. The lowest BCUT2D eigenvalue weighted by molar-refractivity contribution is -0.137. The maximum absolute atomic E-state index is 13.5. The lowest BCUT2D eigenvalue weighted by atomic mass is 10.1. The SMILES string of the molecule is Cc1nn(C(C)(C)C(N)=O)cc1Nc1ncc(C(F)(F)F)c(NCCCN2CCOCCC2=O)n1. The van der Waals surface area contributed by atoms with Crippen LogP contribution in [0.4, 0.5) is 30.6 Å². The lowest BCUT2D eigenvalue weighted by Crippen LogP contribution is -2.41. The predicted molar refractivity (Wildman–Crippen MR) is 121 cm³/mol. The molecule has 0 radical (unpaired) electrons. The number of aromatic nitrogens is 4. The Kier molecular flexibility index (Phi) is 7.83. The highest BCUT2D eigenvalue weighted by Gasteiger charge is 2.35. The Labute approximate surface area is 200 Å². The topological polar surface area (TPSA) is 140 Å². The Bertz CT molecular complexity index is 1070. The number of aryl methyl sites for hydroxylation is 1. The molecule has 1 aliphatic heterocycles. The molecule has 192 valence electrons. The molecule has 2 amide bonds. The summed E-state index contributed by atoms with van der Waals surface area (Å²) in [5, 5.41) is 9.82. The quantitative estimate of drug-likeness (QED) is 0.446. The number of hydrogen-bond acceptors (Lipinski definition) is 8. The van der Waals surface area contributed by atoms with Crippen LogP contribution in [-0.4, -0.2) is 69.3 Å². The third kappa shape index (κ3) is 6.38. The molecule has 14 heteroatoms. The van der Waals surface area contributed by atoms with Crippen LogP contribution in [0.3, 0.4) is 0 Å². The number of halogens is 3. The Morgan fingerprint density at radius 2 is 2.03 bits per heavy atom. The van der Waals surface area contributed by atoms with Gasteiger partial charge in [0.2, 0.25) is 17.8 Å². The van der Waals surface area contributed by atoms with Crippen molar-refractivity contribution in [1.82, 2.24) is 24.6 Å². The minimum atomic E-state index is -4.66. The normalized spacial score (nSPS) is 15.1. The minimum Gasteiger partial charge on any atom is -0.379 e. The number of nitrogens with two attached hydrogens (primary N) is 1. The van der Waals surface area contributed by atoms with Crippen molar-refractivity contribution in [2.24, 2.45) is 5.73 Å². The zero-order valence-corrected chi connectivity index (χ0v) is 19.8. The fraction of sp³-hybridized carbons (Fsp3) is 0.571. The second-order valence-electron chi connectivity index (χ2n) is 8.60. The van der Waals surface area contributed by atoms with E-state index in [1.807, 2.05) is 0 Å². The molecule has 1 aliphatic rings. The van der Waals surface area contributed by atoms with Crippen LogP contribution in [0.2, 0.25) is 0 Å². The first-order valence-corrected chi connectivity index (χ1v) is 11.1. The van der Waals surface area contributed by atoms with Crippen molar-refractivity contribution in [3.05, 3.63) is 23.7 Å². The molecule has 2 aromatic heterocycles. The van der Waals surface area contributed by atoms with Gasteiger partial charge in [0.1, 0.15) is 16.9 Å². The van der Waals surface area contributed by atoms with Crippen molar-refractivity contribution in [2.45, 2.75) is 45.3 Å². The number of anilines is 3. The molecule has 3 rings (SSSR count). The van der Waals surface area contributed by atoms with E-state index < -0.39 is 23.2 Å². The number of rotatable bonds is 9. The smallest absolute Gasteiger partial charge is 0.379 e. The van der Waals surface area contributed by atoms with E-state index in [0.717, 1.165) is 0 Å². The van der Waals surface area contributed by atoms with Gasteiger partial charge in [0.15, 0.2) is 0 Å². The average molecular weight is 499 g/mol. The predicted octanol–water partition coefficient (Wildman–Crippen LogP) is 2.02. The molecule has 0 bridgehead atoms. The number of amides is 2. The van der Waals surface area contributed by atoms with Crippen molar-refractivity contribution < 1.29 is 27.5 Å². The van der Waals surface area contributed by atoms with Crippen LogP contribution in [0.5, 0.6) is 0 Å². The fourth-order valence-electron chi connectivity index (χ4n) is 3.32. The van der Waals surface area contributed by atoms with Gasteiger partial charge < -0.3 is 26.0 Å². The summed E-state index contributed by atoms with van der Waals surface area (Å²) in [5.74, 6) is -1.11. The molecule has 0 aromatic carbocycles. The van der Waals surface area contributed by atoms with E-state index in [0.29, 0.717) is 56.7 Å². The number of alkyl halides is 3. The molecule has 11 nitrogen and oxygen atoms in total. The van der Waals surface area contributed by atoms with Crippen LogP contribution >= 0.6 is 0 Å².